The summed E-state index contributed by atoms with van der Waals surface area (Å²) in [6.45, 7) is 5.09. The molecule has 0 bridgehead atoms. The van der Waals surface area contributed by atoms with E-state index < -0.39 is 0 Å². The third-order valence-electron chi connectivity index (χ3n) is 4.50. The normalized spacial score (nSPS) is 38.0. The quantitative estimate of drug-likeness (QED) is 0.821. The summed E-state index contributed by atoms with van der Waals surface area (Å²) in [4.78, 5) is 12.1. The van der Waals surface area contributed by atoms with E-state index in [1.165, 1.54) is 19.3 Å². The SMILES string of the molecule is CCC1CCC(C(=O)N[C@H]2CCO[C@@H]2C)CC1. The van der Waals surface area contributed by atoms with Gasteiger partial charge in [0.25, 0.3) is 0 Å². The van der Waals surface area contributed by atoms with Gasteiger partial charge in [-0.1, -0.05) is 13.3 Å². The summed E-state index contributed by atoms with van der Waals surface area (Å²) in [5, 5.41) is 3.17. The summed E-state index contributed by atoms with van der Waals surface area (Å²) in [5.74, 6) is 1.38. The van der Waals surface area contributed by atoms with Gasteiger partial charge in [0.1, 0.15) is 0 Å². The van der Waals surface area contributed by atoms with Crippen LogP contribution in [-0.2, 0) is 9.53 Å². The minimum Gasteiger partial charge on any atom is -0.376 e. The molecular weight excluding hydrogens is 214 g/mol. The molecule has 0 aromatic carbocycles. The molecule has 1 aliphatic heterocycles. The highest BCUT2D eigenvalue weighted by atomic mass is 16.5. The van der Waals surface area contributed by atoms with Crippen molar-refractivity contribution in [3.05, 3.63) is 0 Å². The first-order valence-electron chi connectivity index (χ1n) is 7.12. The second kappa shape index (κ2) is 5.85. The zero-order valence-electron chi connectivity index (χ0n) is 11.1. The summed E-state index contributed by atoms with van der Waals surface area (Å²) < 4.78 is 5.47. The number of amides is 1. The lowest BCUT2D eigenvalue weighted by atomic mass is 9.80. The Morgan fingerprint density at radius 2 is 1.94 bits per heavy atom. The van der Waals surface area contributed by atoms with Gasteiger partial charge in [0.05, 0.1) is 12.1 Å². The Hall–Kier alpha value is -0.570. The number of hydrogen-bond acceptors (Lipinski definition) is 2. The van der Waals surface area contributed by atoms with E-state index in [2.05, 4.69) is 12.2 Å². The Labute approximate surface area is 104 Å². The zero-order valence-corrected chi connectivity index (χ0v) is 11.1. The average Bonchev–Trinajstić information content (AvgIpc) is 2.75. The lowest BCUT2D eigenvalue weighted by Gasteiger charge is -2.28. The number of rotatable bonds is 3. The van der Waals surface area contributed by atoms with Gasteiger partial charge in [0, 0.05) is 12.5 Å². The predicted molar refractivity (Wildman–Crippen MR) is 67.7 cm³/mol. The second-order valence-corrected chi connectivity index (χ2v) is 5.61. The Kier molecular flexibility index (Phi) is 4.43. The molecule has 17 heavy (non-hydrogen) atoms. The van der Waals surface area contributed by atoms with Crippen LogP contribution in [0.1, 0.15) is 52.4 Å². The standard InChI is InChI=1S/C14H25NO2/c1-3-11-4-6-12(7-5-11)14(16)15-13-8-9-17-10(13)2/h10-13H,3-9H2,1-2H3,(H,15,16)/t10-,11?,12?,13+/m1/s1. The van der Waals surface area contributed by atoms with E-state index in [0.29, 0.717) is 0 Å². The Bertz CT molecular complexity index is 259. The van der Waals surface area contributed by atoms with Crippen LogP contribution in [-0.4, -0.2) is 24.7 Å². The molecule has 0 spiro atoms. The third kappa shape index (κ3) is 3.21. The van der Waals surface area contributed by atoms with Crippen LogP contribution in [0, 0.1) is 11.8 Å². The van der Waals surface area contributed by atoms with Crippen molar-refractivity contribution >= 4 is 5.91 Å². The van der Waals surface area contributed by atoms with Crippen LogP contribution in [0.3, 0.4) is 0 Å². The number of carbonyl (C=O) groups excluding carboxylic acids is 1. The van der Waals surface area contributed by atoms with Gasteiger partial charge in [-0.2, -0.15) is 0 Å². The van der Waals surface area contributed by atoms with Gasteiger partial charge >= 0.3 is 0 Å². The summed E-state index contributed by atoms with van der Waals surface area (Å²) >= 11 is 0. The van der Waals surface area contributed by atoms with Crippen LogP contribution >= 0.6 is 0 Å². The van der Waals surface area contributed by atoms with Crippen molar-refractivity contribution in [3.8, 4) is 0 Å². The average molecular weight is 239 g/mol. The van der Waals surface area contributed by atoms with Gasteiger partial charge in [-0.3, -0.25) is 4.79 Å². The molecule has 98 valence electrons. The molecular formula is C14H25NO2. The summed E-state index contributed by atoms with van der Waals surface area (Å²) in [6.07, 6.45) is 7.03. The van der Waals surface area contributed by atoms with Crippen molar-refractivity contribution < 1.29 is 9.53 Å². The molecule has 1 saturated heterocycles. The lowest BCUT2D eigenvalue weighted by Crippen LogP contribution is -2.43. The van der Waals surface area contributed by atoms with E-state index in [1.807, 2.05) is 6.92 Å². The van der Waals surface area contributed by atoms with E-state index in [1.54, 1.807) is 0 Å². The molecule has 1 heterocycles. The van der Waals surface area contributed by atoms with Crippen molar-refractivity contribution in [1.82, 2.24) is 5.32 Å². The maximum Gasteiger partial charge on any atom is 0.223 e. The van der Waals surface area contributed by atoms with Gasteiger partial charge in [-0.25, -0.2) is 0 Å². The lowest BCUT2D eigenvalue weighted by molar-refractivity contribution is -0.127. The molecule has 1 N–H and O–H groups in total. The van der Waals surface area contributed by atoms with Gasteiger partial charge in [0.2, 0.25) is 5.91 Å². The van der Waals surface area contributed by atoms with Gasteiger partial charge in [0.15, 0.2) is 0 Å². The van der Waals surface area contributed by atoms with Crippen LogP contribution in [0.4, 0.5) is 0 Å². The molecule has 2 atom stereocenters. The molecule has 2 aliphatic rings. The minimum atomic E-state index is 0.186. The summed E-state index contributed by atoms with van der Waals surface area (Å²) in [5.41, 5.74) is 0. The molecule has 1 aliphatic carbocycles. The smallest absolute Gasteiger partial charge is 0.223 e. The number of hydrogen-bond donors (Lipinski definition) is 1. The second-order valence-electron chi connectivity index (χ2n) is 5.61. The first-order chi connectivity index (χ1) is 8.20. The molecule has 0 aromatic rings. The van der Waals surface area contributed by atoms with E-state index in [4.69, 9.17) is 4.74 Å². The maximum atomic E-state index is 12.1. The molecule has 0 radical (unpaired) electrons. The van der Waals surface area contributed by atoms with Crippen LogP contribution in [0.5, 0.6) is 0 Å². The van der Waals surface area contributed by atoms with Gasteiger partial charge in [-0.05, 0) is 44.9 Å². The molecule has 2 rings (SSSR count). The number of ether oxygens (including phenoxy) is 1. The molecule has 0 aromatic heterocycles. The van der Waals surface area contributed by atoms with E-state index in [-0.39, 0.29) is 24.0 Å². The Balaban J connectivity index is 1.77. The molecule has 1 saturated carbocycles. The highest BCUT2D eigenvalue weighted by Gasteiger charge is 2.30. The van der Waals surface area contributed by atoms with Crippen LogP contribution in [0.2, 0.25) is 0 Å². The molecule has 3 nitrogen and oxygen atoms in total. The molecule has 0 unspecified atom stereocenters. The van der Waals surface area contributed by atoms with E-state index in [0.717, 1.165) is 31.8 Å². The highest BCUT2D eigenvalue weighted by molar-refractivity contribution is 5.79. The largest absolute Gasteiger partial charge is 0.376 e. The van der Waals surface area contributed by atoms with E-state index in [9.17, 15) is 4.79 Å². The van der Waals surface area contributed by atoms with Crippen molar-refractivity contribution in [2.45, 2.75) is 64.5 Å². The van der Waals surface area contributed by atoms with E-state index >= 15 is 0 Å². The van der Waals surface area contributed by atoms with Crippen molar-refractivity contribution in [2.24, 2.45) is 11.8 Å². The fraction of sp³-hybridized carbons (Fsp3) is 0.929. The molecule has 2 fully saturated rings. The number of carbonyl (C=O) groups is 1. The summed E-state index contributed by atoms with van der Waals surface area (Å²) in [7, 11) is 0. The van der Waals surface area contributed by atoms with Crippen molar-refractivity contribution in [3.63, 3.8) is 0 Å². The van der Waals surface area contributed by atoms with Crippen LogP contribution in [0.25, 0.3) is 0 Å². The topological polar surface area (TPSA) is 38.3 Å². The minimum absolute atomic E-state index is 0.186. The maximum absolute atomic E-state index is 12.1. The Morgan fingerprint density at radius 1 is 1.24 bits per heavy atom. The fourth-order valence-electron chi connectivity index (χ4n) is 3.05. The van der Waals surface area contributed by atoms with Crippen molar-refractivity contribution in [1.29, 1.82) is 0 Å². The van der Waals surface area contributed by atoms with Crippen LogP contribution < -0.4 is 5.32 Å². The Morgan fingerprint density at radius 3 is 2.47 bits per heavy atom. The predicted octanol–water partition coefficient (Wildman–Crippen LogP) is 2.50. The van der Waals surface area contributed by atoms with Gasteiger partial charge < -0.3 is 10.1 Å². The third-order valence-corrected chi connectivity index (χ3v) is 4.50. The highest BCUT2D eigenvalue weighted by Crippen LogP contribution is 2.31. The molecule has 1 amide bonds. The van der Waals surface area contributed by atoms with Crippen molar-refractivity contribution in [2.75, 3.05) is 6.61 Å². The van der Waals surface area contributed by atoms with Gasteiger partial charge in [-0.15, -0.1) is 0 Å². The zero-order chi connectivity index (χ0) is 12.3. The molecule has 3 heteroatoms. The first kappa shape index (κ1) is 12.9. The first-order valence-corrected chi connectivity index (χ1v) is 7.12. The number of nitrogens with one attached hydrogen (secondary N) is 1. The fourth-order valence-corrected chi connectivity index (χ4v) is 3.05. The van der Waals surface area contributed by atoms with Crippen LogP contribution in [0.15, 0.2) is 0 Å². The monoisotopic (exact) mass is 239 g/mol. The summed E-state index contributed by atoms with van der Waals surface area (Å²) in [6, 6.07) is 0.242.